The Morgan fingerprint density at radius 1 is 1.54 bits per heavy atom. The first-order valence-corrected chi connectivity index (χ1v) is 5.32. The number of hydrogen-bond donors (Lipinski definition) is 0. The average Bonchev–Trinajstić information content (AvgIpc) is 2.16. The van der Waals surface area contributed by atoms with Crippen molar-refractivity contribution in [3.63, 3.8) is 0 Å². The molecule has 0 N–H and O–H groups in total. The first-order chi connectivity index (χ1) is 6.24. The fourth-order valence-corrected chi connectivity index (χ4v) is 1.49. The van der Waals surface area contributed by atoms with Crippen LogP contribution < -0.4 is 0 Å². The van der Waals surface area contributed by atoms with Gasteiger partial charge in [0.1, 0.15) is 0 Å². The normalized spacial score (nSPS) is 18.7. The fourth-order valence-electron chi connectivity index (χ4n) is 1.49. The van der Waals surface area contributed by atoms with Crippen molar-refractivity contribution in [3.8, 4) is 0 Å². The molecule has 0 bridgehead atoms. The number of nitrogens with zero attached hydrogens (tertiary/aromatic N) is 1. The number of allylic oxidation sites excluding steroid dienone is 3. The van der Waals surface area contributed by atoms with Gasteiger partial charge in [0.25, 0.3) is 0 Å². The lowest BCUT2D eigenvalue weighted by molar-refractivity contribution is 0.335. The predicted octanol–water partition coefficient (Wildman–Crippen LogP) is 3.20. The van der Waals surface area contributed by atoms with E-state index in [1.54, 1.807) is 0 Å². The van der Waals surface area contributed by atoms with Gasteiger partial charge in [-0.3, -0.25) is 0 Å². The Bertz CT molecular complexity index is 203. The molecule has 0 aromatic carbocycles. The first-order valence-electron chi connectivity index (χ1n) is 5.32. The zero-order chi connectivity index (χ0) is 9.68. The van der Waals surface area contributed by atoms with Gasteiger partial charge in [-0.25, -0.2) is 0 Å². The molecule has 0 fully saturated rings. The van der Waals surface area contributed by atoms with Gasteiger partial charge in [0.15, 0.2) is 0 Å². The quantitative estimate of drug-likeness (QED) is 0.640. The predicted molar refractivity (Wildman–Crippen MR) is 58.5 cm³/mol. The molecule has 0 aromatic rings. The van der Waals surface area contributed by atoms with Gasteiger partial charge in [0, 0.05) is 18.8 Å². The Kier molecular flexibility index (Phi) is 4.07. The lowest BCUT2D eigenvalue weighted by Gasteiger charge is -2.27. The van der Waals surface area contributed by atoms with Crippen molar-refractivity contribution in [2.24, 2.45) is 5.92 Å². The topological polar surface area (TPSA) is 3.24 Å². The summed E-state index contributed by atoms with van der Waals surface area (Å²) in [4.78, 5) is 2.45. The van der Waals surface area contributed by atoms with E-state index in [4.69, 9.17) is 0 Å². The van der Waals surface area contributed by atoms with E-state index in [2.05, 4.69) is 43.9 Å². The van der Waals surface area contributed by atoms with E-state index in [0.29, 0.717) is 0 Å². The first kappa shape index (κ1) is 10.4. The molecule has 1 aliphatic heterocycles. The van der Waals surface area contributed by atoms with Gasteiger partial charge in [0.05, 0.1) is 0 Å². The molecular formula is C12H21N. The lowest BCUT2D eigenvalue weighted by atomic mass is 10.0. The maximum Gasteiger partial charge on any atom is 0.0359 e. The number of hydrogen-bond acceptors (Lipinski definition) is 1. The molecule has 1 heterocycles. The molecule has 1 atom stereocenters. The van der Waals surface area contributed by atoms with Crippen molar-refractivity contribution in [1.29, 1.82) is 0 Å². The van der Waals surface area contributed by atoms with Crippen molar-refractivity contribution >= 4 is 0 Å². The maximum atomic E-state index is 2.45. The van der Waals surface area contributed by atoms with E-state index in [1.165, 1.54) is 25.1 Å². The summed E-state index contributed by atoms with van der Waals surface area (Å²) in [6.45, 7) is 9.10. The van der Waals surface area contributed by atoms with Crippen molar-refractivity contribution in [1.82, 2.24) is 4.90 Å². The second-order valence-electron chi connectivity index (χ2n) is 3.98. The zero-order valence-electron chi connectivity index (χ0n) is 9.09. The molecule has 1 unspecified atom stereocenters. The van der Waals surface area contributed by atoms with E-state index in [9.17, 15) is 0 Å². The van der Waals surface area contributed by atoms with Crippen LogP contribution in [0.25, 0.3) is 0 Å². The van der Waals surface area contributed by atoms with Crippen LogP contribution >= 0.6 is 0 Å². The Balaban J connectivity index is 2.29. The van der Waals surface area contributed by atoms with Crippen LogP contribution in [0.1, 0.15) is 33.6 Å². The van der Waals surface area contributed by atoms with Gasteiger partial charge in [-0.05, 0) is 25.3 Å². The molecule has 13 heavy (non-hydrogen) atoms. The van der Waals surface area contributed by atoms with E-state index < -0.39 is 0 Å². The third-order valence-corrected chi connectivity index (χ3v) is 2.89. The minimum Gasteiger partial charge on any atom is -0.371 e. The zero-order valence-corrected chi connectivity index (χ0v) is 9.09. The van der Waals surface area contributed by atoms with Gasteiger partial charge >= 0.3 is 0 Å². The smallest absolute Gasteiger partial charge is 0.0359 e. The Morgan fingerprint density at radius 3 is 2.92 bits per heavy atom. The van der Waals surface area contributed by atoms with Gasteiger partial charge in [-0.1, -0.05) is 32.4 Å². The fraction of sp³-hybridized carbons (Fsp3) is 0.667. The van der Waals surface area contributed by atoms with Crippen LogP contribution in [-0.2, 0) is 0 Å². The monoisotopic (exact) mass is 179 g/mol. The Labute approximate surface area is 82.1 Å². The van der Waals surface area contributed by atoms with Crippen LogP contribution in [0.15, 0.2) is 23.9 Å². The average molecular weight is 179 g/mol. The second-order valence-corrected chi connectivity index (χ2v) is 3.98. The van der Waals surface area contributed by atoms with Crippen molar-refractivity contribution in [3.05, 3.63) is 23.9 Å². The highest BCUT2D eigenvalue weighted by Gasteiger charge is 2.07. The summed E-state index contributed by atoms with van der Waals surface area (Å²) in [5.74, 6) is 0.860. The molecule has 74 valence electrons. The standard InChI is InChI=1S/C12H21N/c1-4-11(2)8-10-13-9-6-5-7-12(13)3/h5-7,11H,4,8-10H2,1-3H3. The third kappa shape index (κ3) is 3.25. The second kappa shape index (κ2) is 5.11. The number of rotatable bonds is 4. The van der Waals surface area contributed by atoms with Crippen molar-refractivity contribution < 1.29 is 0 Å². The Hall–Kier alpha value is -0.720. The molecule has 0 aliphatic carbocycles. The SMILES string of the molecule is CCC(C)CCN1CC=CC=C1C. The van der Waals surface area contributed by atoms with E-state index in [-0.39, 0.29) is 0 Å². The summed E-state index contributed by atoms with van der Waals surface area (Å²) in [6, 6.07) is 0. The summed E-state index contributed by atoms with van der Waals surface area (Å²) in [5, 5.41) is 0. The summed E-state index contributed by atoms with van der Waals surface area (Å²) >= 11 is 0. The van der Waals surface area contributed by atoms with Gasteiger partial charge in [-0.2, -0.15) is 0 Å². The van der Waals surface area contributed by atoms with Crippen LogP contribution in [0, 0.1) is 5.92 Å². The van der Waals surface area contributed by atoms with Crippen molar-refractivity contribution in [2.45, 2.75) is 33.6 Å². The van der Waals surface area contributed by atoms with E-state index >= 15 is 0 Å². The van der Waals surface area contributed by atoms with Crippen LogP contribution in [0.3, 0.4) is 0 Å². The molecular weight excluding hydrogens is 158 g/mol. The lowest BCUT2D eigenvalue weighted by Crippen LogP contribution is -2.25. The van der Waals surface area contributed by atoms with E-state index in [0.717, 1.165) is 12.5 Å². The molecule has 1 rings (SSSR count). The van der Waals surface area contributed by atoms with Crippen molar-refractivity contribution in [2.75, 3.05) is 13.1 Å². The maximum absolute atomic E-state index is 2.45. The molecule has 0 amide bonds. The summed E-state index contributed by atoms with van der Waals surface area (Å²) < 4.78 is 0. The molecule has 0 radical (unpaired) electrons. The van der Waals surface area contributed by atoms with Crippen LogP contribution in [0.5, 0.6) is 0 Å². The third-order valence-electron chi connectivity index (χ3n) is 2.89. The largest absolute Gasteiger partial charge is 0.371 e. The van der Waals surface area contributed by atoms with Gasteiger partial charge in [0.2, 0.25) is 0 Å². The van der Waals surface area contributed by atoms with Crippen LogP contribution in [-0.4, -0.2) is 18.0 Å². The molecule has 1 heteroatoms. The van der Waals surface area contributed by atoms with Gasteiger partial charge < -0.3 is 4.90 Å². The summed E-state index contributed by atoms with van der Waals surface area (Å²) in [7, 11) is 0. The Morgan fingerprint density at radius 2 is 2.31 bits per heavy atom. The minimum atomic E-state index is 0.860. The summed E-state index contributed by atoms with van der Waals surface area (Å²) in [5.41, 5.74) is 1.41. The molecule has 0 aromatic heterocycles. The highest BCUT2D eigenvalue weighted by molar-refractivity contribution is 5.15. The van der Waals surface area contributed by atoms with Gasteiger partial charge in [-0.15, -0.1) is 0 Å². The highest BCUT2D eigenvalue weighted by Crippen LogP contribution is 2.13. The molecule has 1 nitrogen and oxygen atoms in total. The molecule has 0 saturated carbocycles. The minimum absolute atomic E-state index is 0.860. The molecule has 0 spiro atoms. The molecule has 1 aliphatic rings. The van der Waals surface area contributed by atoms with Crippen LogP contribution in [0.2, 0.25) is 0 Å². The van der Waals surface area contributed by atoms with Crippen LogP contribution in [0.4, 0.5) is 0 Å². The highest BCUT2D eigenvalue weighted by atomic mass is 15.1. The summed E-state index contributed by atoms with van der Waals surface area (Å²) in [6.07, 6.45) is 9.18. The van der Waals surface area contributed by atoms with E-state index in [1.807, 2.05) is 0 Å². The molecule has 0 saturated heterocycles.